The number of hydrogen-bond donors (Lipinski definition) is 2. The third kappa shape index (κ3) is 6.12. The molecule has 1 heterocycles. The third-order valence-electron chi connectivity index (χ3n) is 6.07. The normalized spacial score (nSPS) is 29.2. The molecular weight excluding hydrogens is 330 g/mol. The van der Waals surface area contributed by atoms with Gasteiger partial charge >= 0.3 is 6.09 Å². The molecule has 2 aliphatic rings. The van der Waals surface area contributed by atoms with Crippen molar-refractivity contribution in [1.29, 1.82) is 0 Å². The molecule has 2 N–H and O–H groups in total. The summed E-state index contributed by atoms with van der Waals surface area (Å²) in [5, 5.41) is 14.3. The molecular formula is C21H43NO4. The summed E-state index contributed by atoms with van der Waals surface area (Å²) in [6.07, 6.45) is 8.55. The molecule has 5 heteroatoms. The van der Waals surface area contributed by atoms with Gasteiger partial charge in [-0.3, -0.25) is 0 Å². The van der Waals surface area contributed by atoms with Crippen LogP contribution in [-0.4, -0.2) is 42.2 Å². The van der Waals surface area contributed by atoms with Crippen molar-refractivity contribution in [3.05, 3.63) is 0 Å². The van der Waals surface area contributed by atoms with Crippen LogP contribution in [0.25, 0.3) is 0 Å². The Morgan fingerprint density at radius 3 is 2.42 bits per heavy atom. The van der Waals surface area contributed by atoms with E-state index in [2.05, 4.69) is 12.2 Å². The lowest BCUT2D eigenvalue weighted by atomic mass is 9.62. The largest absolute Gasteiger partial charge is 0.444 e. The van der Waals surface area contributed by atoms with Crippen molar-refractivity contribution in [2.24, 2.45) is 11.3 Å². The van der Waals surface area contributed by atoms with E-state index in [4.69, 9.17) is 9.47 Å². The molecule has 1 aliphatic heterocycles. The summed E-state index contributed by atoms with van der Waals surface area (Å²) in [7, 11) is 0. The van der Waals surface area contributed by atoms with Crippen LogP contribution in [0.4, 0.5) is 4.79 Å². The van der Waals surface area contributed by atoms with Gasteiger partial charge in [0.05, 0.1) is 6.10 Å². The van der Waals surface area contributed by atoms with Crippen molar-refractivity contribution < 1.29 is 22.2 Å². The Hall–Kier alpha value is -0.810. The number of unbranched alkanes of at least 4 members (excludes halogenated alkanes) is 1. The molecule has 2 rings (SSSR count). The number of carbonyl (C=O) groups excluding carboxylic acids is 1. The maximum absolute atomic E-state index is 12.0. The highest BCUT2D eigenvalue weighted by molar-refractivity contribution is 5.68. The van der Waals surface area contributed by atoms with Crippen LogP contribution in [-0.2, 0) is 9.47 Å². The average molecular weight is 374 g/mol. The van der Waals surface area contributed by atoms with Crippen molar-refractivity contribution in [3.63, 3.8) is 0 Å². The molecule has 0 aromatic carbocycles. The quantitative estimate of drug-likeness (QED) is 0.694. The number of nitrogens with one attached hydrogen (secondary N) is 1. The maximum Gasteiger partial charge on any atom is 0.407 e. The molecule has 0 aromatic rings. The topological polar surface area (TPSA) is 67.8 Å². The van der Waals surface area contributed by atoms with E-state index in [9.17, 15) is 9.90 Å². The molecule has 156 valence electrons. The van der Waals surface area contributed by atoms with Gasteiger partial charge in [-0.25, -0.2) is 4.79 Å². The Bertz CT molecular complexity index is 442. The summed E-state index contributed by atoms with van der Waals surface area (Å²) < 4.78 is 10.9. The zero-order valence-corrected chi connectivity index (χ0v) is 17.2. The van der Waals surface area contributed by atoms with E-state index in [1.165, 1.54) is 0 Å². The first-order valence-electron chi connectivity index (χ1n) is 10.5. The zero-order valence-electron chi connectivity index (χ0n) is 17.2. The fourth-order valence-electron chi connectivity index (χ4n) is 4.57. The Morgan fingerprint density at radius 1 is 1.27 bits per heavy atom. The predicted molar refractivity (Wildman–Crippen MR) is 107 cm³/mol. The van der Waals surface area contributed by atoms with Gasteiger partial charge < -0.3 is 19.9 Å². The minimum atomic E-state index is -0.469. The summed E-state index contributed by atoms with van der Waals surface area (Å²) >= 11 is 0. The number of amides is 1. The van der Waals surface area contributed by atoms with E-state index in [0.717, 1.165) is 71.0 Å². The molecule has 0 radical (unpaired) electrons. The van der Waals surface area contributed by atoms with Crippen molar-refractivity contribution >= 4 is 6.09 Å². The van der Waals surface area contributed by atoms with Gasteiger partial charge in [0.15, 0.2) is 0 Å². The van der Waals surface area contributed by atoms with Crippen molar-refractivity contribution in [2.75, 3.05) is 13.2 Å². The number of ether oxygens (including phenoxy) is 2. The smallest absolute Gasteiger partial charge is 0.407 e. The highest BCUT2D eigenvalue weighted by atomic mass is 16.6. The Morgan fingerprint density at radius 2 is 1.88 bits per heavy atom. The molecule has 1 unspecified atom stereocenters. The summed E-state index contributed by atoms with van der Waals surface area (Å²) in [6, 6.07) is 0.154. The molecule has 5 nitrogen and oxygen atoms in total. The molecule has 2 fully saturated rings. The second-order valence-corrected chi connectivity index (χ2v) is 9.28. The van der Waals surface area contributed by atoms with Crippen LogP contribution in [0.5, 0.6) is 0 Å². The van der Waals surface area contributed by atoms with Crippen molar-refractivity contribution in [1.82, 2.24) is 5.32 Å². The molecule has 1 atom stereocenters. The first kappa shape index (κ1) is 21.5. The van der Waals surface area contributed by atoms with Gasteiger partial charge in [-0.2, -0.15) is 0 Å². The molecule has 1 saturated carbocycles. The second-order valence-electron chi connectivity index (χ2n) is 9.28. The Kier molecular flexibility index (Phi) is 7.77. The van der Waals surface area contributed by atoms with Gasteiger partial charge in [-0.1, -0.05) is 19.8 Å². The molecule has 26 heavy (non-hydrogen) atoms. The third-order valence-corrected chi connectivity index (χ3v) is 6.07. The molecule has 0 spiro atoms. The van der Waals surface area contributed by atoms with Crippen molar-refractivity contribution in [2.45, 2.75) is 103 Å². The van der Waals surface area contributed by atoms with Gasteiger partial charge in [0.1, 0.15) is 5.60 Å². The lowest BCUT2D eigenvalue weighted by Crippen LogP contribution is -2.48. The molecule has 1 aliphatic carbocycles. The number of carbonyl (C=O) groups is 1. The molecule has 1 saturated heterocycles. The fourth-order valence-corrected chi connectivity index (χ4v) is 4.57. The SMILES string of the molecule is CCCCC1(C(O)C2CCOCC2)CCC(NC(=O)OC(C)(C)C)CC1.[HH].[HH]. The molecule has 1 amide bonds. The maximum atomic E-state index is 12.0. The Balaban J connectivity index is 0.00000364. The van der Waals surface area contributed by atoms with Gasteiger partial charge in [0, 0.05) is 22.1 Å². The van der Waals surface area contributed by atoms with Crippen LogP contribution >= 0.6 is 0 Å². The number of alkyl carbamates (subject to hydrolysis) is 1. The average Bonchev–Trinajstić information content (AvgIpc) is 2.60. The van der Waals surface area contributed by atoms with E-state index in [1.807, 2.05) is 20.8 Å². The van der Waals surface area contributed by atoms with Crippen LogP contribution in [0.2, 0.25) is 0 Å². The standard InChI is InChI=1S/C21H39NO4.2H2/c1-5-6-11-21(18(23)16-9-14-25-15-10-16)12-7-17(8-13-21)22-19(24)26-20(2,3)4;;/h16-18,23H,5-15H2,1-4H3,(H,22,24);2*1H. The monoisotopic (exact) mass is 373 g/mol. The highest BCUT2D eigenvalue weighted by Crippen LogP contribution is 2.47. The summed E-state index contributed by atoms with van der Waals surface area (Å²) in [5.74, 6) is 0.357. The zero-order chi connectivity index (χ0) is 19.2. The lowest BCUT2D eigenvalue weighted by Gasteiger charge is -2.47. The van der Waals surface area contributed by atoms with Crippen LogP contribution in [0, 0.1) is 11.3 Å². The van der Waals surface area contributed by atoms with E-state index >= 15 is 0 Å². The number of hydrogen-bond acceptors (Lipinski definition) is 4. The van der Waals surface area contributed by atoms with Gasteiger partial charge in [-0.05, 0) is 77.0 Å². The number of aliphatic hydroxyl groups is 1. The van der Waals surface area contributed by atoms with Gasteiger partial charge in [-0.15, -0.1) is 0 Å². The van der Waals surface area contributed by atoms with Gasteiger partial charge in [0.2, 0.25) is 0 Å². The highest BCUT2D eigenvalue weighted by Gasteiger charge is 2.44. The van der Waals surface area contributed by atoms with Gasteiger partial charge in [0.25, 0.3) is 0 Å². The van der Waals surface area contributed by atoms with E-state index in [-0.39, 0.29) is 26.5 Å². The van der Waals surface area contributed by atoms with E-state index in [1.54, 1.807) is 0 Å². The summed E-state index contributed by atoms with van der Waals surface area (Å²) in [5.41, 5.74) is -0.465. The van der Waals surface area contributed by atoms with Crippen LogP contribution < -0.4 is 5.32 Å². The minimum absolute atomic E-state index is 0. The first-order chi connectivity index (χ1) is 12.3. The number of rotatable bonds is 6. The Labute approximate surface area is 162 Å². The molecule has 0 bridgehead atoms. The second kappa shape index (κ2) is 9.41. The minimum Gasteiger partial charge on any atom is -0.444 e. The summed E-state index contributed by atoms with van der Waals surface area (Å²) in [6.45, 7) is 9.40. The fraction of sp³-hybridized carbons (Fsp3) is 0.952. The summed E-state index contributed by atoms with van der Waals surface area (Å²) in [4.78, 5) is 12.0. The van der Waals surface area contributed by atoms with Crippen LogP contribution in [0.3, 0.4) is 0 Å². The van der Waals surface area contributed by atoms with E-state index in [0.29, 0.717) is 5.92 Å². The predicted octanol–water partition coefficient (Wildman–Crippen LogP) is 4.91. The first-order valence-corrected chi connectivity index (χ1v) is 10.5. The van der Waals surface area contributed by atoms with Crippen LogP contribution in [0.1, 0.15) is 88.3 Å². The molecule has 0 aromatic heterocycles. The van der Waals surface area contributed by atoms with E-state index < -0.39 is 5.60 Å². The van der Waals surface area contributed by atoms with Crippen LogP contribution in [0.15, 0.2) is 0 Å². The van der Waals surface area contributed by atoms with Crippen molar-refractivity contribution in [3.8, 4) is 0 Å². The lowest BCUT2D eigenvalue weighted by molar-refractivity contribution is -0.0811. The number of aliphatic hydroxyl groups excluding tert-OH is 1.